The number of aliphatic hydroxyl groups is 2. The summed E-state index contributed by atoms with van der Waals surface area (Å²) in [4.78, 5) is 50.4. The van der Waals surface area contributed by atoms with Crippen molar-refractivity contribution in [2.45, 2.75) is 84.6 Å². The Morgan fingerprint density at radius 1 is 0.975 bits per heavy atom. The third-order valence-corrected chi connectivity index (χ3v) is 7.47. The van der Waals surface area contributed by atoms with Crippen molar-refractivity contribution in [2.24, 2.45) is 11.8 Å². The second-order valence-electron chi connectivity index (χ2n) is 10.2. The van der Waals surface area contributed by atoms with E-state index in [4.69, 9.17) is 18.7 Å². The van der Waals surface area contributed by atoms with Gasteiger partial charge in [0, 0.05) is 12.3 Å². The van der Waals surface area contributed by atoms with Crippen molar-refractivity contribution < 1.29 is 43.1 Å². The standard InChI is InChI=1S/C24H43N4O11P/c1-14(2)10-17(22(32)36-6)26-40(35,27-18(11-15(3)4)23(33)37-7)39-12-19(21(31)16(5)29)38-13-28-9-8-20(30)25-24(28)34/h8-9,14-19,21,29,31H,10-13H2,1-7H3,(H,25,30,34)(H2,26,27,35)/t16?,17?,18?,19-,21-,40?/m1/s1. The van der Waals surface area contributed by atoms with Gasteiger partial charge >= 0.3 is 25.3 Å². The number of nitrogens with one attached hydrogen (secondary N) is 3. The monoisotopic (exact) mass is 594 g/mol. The summed E-state index contributed by atoms with van der Waals surface area (Å²) in [7, 11) is -1.95. The van der Waals surface area contributed by atoms with Gasteiger partial charge in [0.2, 0.25) is 0 Å². The largest absolute Gasteiger partial charge is 0.468 e. The highest BCUT2D eigenvalue weighted by molar-refractivity contribution is 7.54. The van der Waals surface area contributed by atoms with Gasteiger partial charge in [-0.3, -0.25) is 28.5 Å². The Labute approximate surface area is 233 Å². The second-order valence-corrected chi connectivity index (χ2v) is 12.0. The Morgan fingerprint density at radius 2 is 1.48 bits per heavy atom. The molecular formula is C24H43N4O11P. The van der Waals surface area contributed by atoms with E-state index in [1.165, 1.54) is 27.3 Å². The molecule has 1 heterocycles. The minimum Gasteiger partial charge on any atom is -0.468 e. The molecule has 1 rings (SSSR count). The maximum atomic E-state index is 14.1. The summed E-state index contributed by atoms with van der Waals surface area (Å²) >= 11 is 0. The van der Waals surface area contributed by atoms with Crippen LogP contribution in [0.3, 0.4) is 0 Å². The Balaban J connectivity index is 3.34. The quantitative estimate of drug-likeness (QED) is 0.113. The van der Waals surface area contributed by atoms with Gasteiger partial charge < -0.3 is 28.9 Å². The molecule has 1 aromatic rings. The second kappa shape index (κ2) is 16.8. The molecule has 0 aliphatic heterocycles. The van der Waals surface area contributed by atoms with Gasteiger partial charge in [-0.25, -0.2) is 15.0 Å². The molecule has 0 aliphatic carbocycles. The van der Waals surface area contributed by atoms with Crippen molar-refractivity contribution in [3.63, 3.8) is 0 Å². The molecule has 5 atom stereocenters. The zero-order chi connectivity index (χ0) is 30.6. The number of rotatable bonds is 18. The summed E-state index contributed by atoms with van der Waals surface area (Å²) in [5.74, 6) is -1.49. The van der Waals surface area contributed by atoms with Crippen LogP contribution in [-0.4, -0.2) is 82.9 Å². The predicted molar refractivity (Wildman–Crippen MR) is 144 cm³/mol. The van der Waals surface area contributed by atoms with Crippen LogP contribution in [0.2, 0.25) is 0 Å². The van der Waals surface area contributed by atoms with Crippen molar-refractivity contribution in [2.75, 3.05) is 20.8 Å². The summed E-state index contributed by atoms with van der Waals surface area (Å²) < 4.78 is 36.1. The van der Waals surface area contributed by atoms with Crippen LogP contribution in [0.15, 0.2) is 21.9 Å². The molecule has 0 radical (unpaired) electrons. The smallest absolute Gasteiger partial charge is 0.342 e. The molecule has 230 valence electrons. The molecule has 0 fully saturated rings. The van der Waals surface area contributed by atoms with E-state index in [1.807, 2.05) is 27.7 Å². The van der Waals surface area contributed by atoms with Crippen molar-refractivity contribution in [3.8, 4) is 0 Å². The van der Waals surface area contributed by atoms with Crippen LogP contribution in [0.4, 0.5) is 0 Å². The summed E-state index contributed by atoms with van der Waals surface area (Å²) in [6.07, 6.45) is -2.65. The normalized spacial score (nSPS) is 17.1. The van der Waals surface area contributed by atoms with Crippen LogP contribution in [0.1, 0.15) is 47.5 Å². The van der Waals surface area contributed by atoms with Crippen LogP contribution >= 0.6 is 7.67 Å². The van der Waals surface area contributed by atoms with Gasteiger partial charge in [0.1, 0.15) is 31.0 Å². The van der Waals surface area contributed by atoms with Gasteiger partial charge in [-0.2, -0.15) is 0 Å². The molecule has 0 saturated carbocycles. The Hall–Kier alpha value is -2.39. The molecule has 16 heteroatoms. The average molecular weight is 595 g/mol. The SMILES string of the molecule is COC(=O)C(CC(C)C)NP(=O)(NC(CC(C)C)C(=O)OC)OC[C@@H](OCn1ccc(=O)[nH]c1=O)[C@H](O)C(C)O. The average Bonchev–Trinajstić information content (AvgIpc) is 2.86. The molecular weight excluding hydrogens is 551 g/mol. The van der Waals surface area contributed by atoms with Gasteiger partial charge in [0.25, 0.3) is 5.56 Å². The number of aliphatic hydroxyl groups excluding tert-OH is 2. The van der Waals surface area contributed by atoms with E-state index in [0.717, 1.165) is 10.6 Å². The van der Waals surface area contributed by atoms with Gasteiger partial charge in [0.05, 0.1) is 26.9 Å². The first kappa shape index (κ1) is 35.6. The first-order valence-electron chi connectivity index (χ1n) is 12.9. The predicted octanol–water partition coefficient (Wildman–Crippen LogP) is 0.100. The van der Waals surface area contributed by atoms with Gasteiger partial charge in [0.15, 0.2) is 0 Å². The fourth-order valence-corrected chi connectivity index (χ4v) is 5.43. The lowest BCUT2D eigenvalue weighted by Crippen LogP contribution is -2.47. The molecule has 0 amide bonds. The topological polar surface area (TPSA) is 208 Å². The van der Waals surface area contributed by atoms with Crippen molar-refractivity contribution in [3.05, 3.63) is 33.1 Å². The Bertz CT molecular complexity index is 1070. The molecule has 5 N–H and O–H groups in total. The summed E-state index contributed by atoms with van der Waals surface area (Å²) in [5, 5.41) is 25.8. The van der Waals surface area contributed by atoms with Crippen LogP contribution in [-0.2, 0) is 39.6 Å². The molecule has 0 aliphatic rings. The minimum absolute atomic E-state index is 0.0270. The third kappa shape index (κ3) is 12.0. The maximum Gasteiger partial charge on any atom is 0.342 e. The number of H-pyrrole nitrogens is 1. The van der Waals surface area contributed by atoms with E-state index in [2.05, 4.69) is 15.2 Å². The molecule has 0 spiro atoms. The number of carbonyl (C=O) groups excluding carboxylic acids is 2. The first-order valence-corrected chi connectivity index (χ1v) is 14.5. The van der Waals surface area contributed by atoms with Gasteiger partial charge in [-0.05, 0) is 31.6 Å². The van der Waals surface area contributed by atoms with Gasteiger partial charge in [-0.1, -0.05) is 27.7 Å². The fourth-order valence-electron chi connectivity index (χ4n) is 3.61. The summed E-state index contributed by atoms with van der Waals surface area (Å²) in [6, 6.07) is -1.10. The lowest BCUT2D eigenvalue weighted by atomic mass is 10.1. The highest BCUT2D eigenvalue weighted by Gasteiger charge is 2.38. The molecule has 40 heavy (non-hydrogen) atoms. The summed E-state index contributed by atoms with van der Waals surface area (Å²) in [5.41, 5.74) is -1.40. The highest BCUT2D eigenvalue weighted by Crippen LogP contribution is 2.41. The van der Waals surface area contributed by atoms with Crippen molar-refractivity contribution in [1.29, 1.82) is 0 Å². The number of esters is 2. The number of hydrogen-bond acceptors (Lipinski definition) is 11. The number of ether oxygens (including phenoxy) is 3. The van der Waals surface area contributed by atoms with E-state index < -0.39 is 74.6 Å². The fraction of sp³-hybridized carbons (Fsp3) is 0.750. The van der Waals surface area contributed by atoms with Crippen LogP contribution in [0.5, 0.6) is 0 Å². The van der Waals surface area contributed by atoms with Crippen molar-refractivity contribution in [1.82, 2.24) is 19.7 Å². The van der Waals surface area contributed by atoms with E-state index in [0.29, 0.717) is 0 Å². The number of aromatic nitrogens is 2. The lowest BCUT2D eigenvalue weighted by molar-refractivity contribution is -0.143. The molecule has 1 aromatic heterocycles. The Kier molecular flexibility index (Phi) is 14.9. The van der Waals surface area contributed by atoms with Crippen molar-refractivity contribution >= 4 is 19.6 Å². The molecule has 0 saturated heterocycles. The molecule has 3 unspecified atom stereocenters. The number of nitrogens with zero attached hydrogens (tertiary/aromatic N) is 1. The van der Waals surface area contributed by atoms with E-state index in [9.17, 15) is 34.0 Å². The minimum atomic E-state index is -4.30. The highest BCUT2D eigenvalue weighted by atomic mass is 31.2. The lowest BCUT2D eigenvalue weighted by Gasteiger charge is -2.31. The molecule has 0 bridgehead atoms. The summed E-state index contributed by atoms with van der Waals surface area (Å²) in [6.45, 7) is 7.57. The van der Waals surface area contributed by atoms with Crippen LogP contribution in [0.25, 0.3) is 0 Å². The zero-order valence-electron chi connectivity index (χ0n) is 24.0. The third-order valence-electron chi connectivity index (χ3n) is 5.66. The molecule has 0 aromatic carbocycles. The van der Waals surface area contributed by atoms with E-state index in [-0.39, 0.29) is 24.7 Å². The van der Waals surface area contributed by atoms with Crippen LogP contribution in [0, 0.1) is 11.8 Å². The zero-order valence-corrected chi connectivity index (χ0v) is 24.9. The molecule has 15 nitrogen and oxygen atoms in total. The van der Waals surface area contributed by atoms with E-state index in [1.54, 1.807) is 0 Å². The number of aromatic amines is 1. The first-order chi connectivity index (χ1) is 18.6. The maximum absolute atomic E-state index is 14.1. The van der Waals surface area contributed by atoms with Crippen LogP contribution < -0.4 is 21.4 Å². The van der Waals surface area contributed by atoms with E-state index >= 15 is 0 Å². The number of carbonyl (C=O) groups is 2. The number of hydrogen-bond donors (Lipinski definition) is 5. The Morgan fingerprint density at radius 3 is 1.88 bits per heavy atom. The number of methoxy groups -OCH3 is 2. The van der Waals surface area contributed by atoms with Gasteiger partial charge in [-0.15, -0.1) is 0 Å².